The molecule has 2 rings (SSSR count). The van der Waals surface area contributed by atoms with Crippen LogP contribution in [0, 0.1) is 5.92 Å². The third kappa shape index (κ3) is 3.22. The zero-order valence-corrected chi connectivity index (χ0v) is 11.5. The topological polar surface area (TPSA) is 70.8 Å². The van der Waals surface area contributed by atoms with Gasteiger partial charge in [-0.15, -0.1) is 5.10 Å². The maximum absolute atomic E-state index is 6.10. The third-order valence-electron chi connectivity index (χ3n) is 3.84. The van der Waals surface area contributed by atoms with E-state index >= 15 is 0 Å². The molecule has 2 unspecified atom stereocenters. The maximum Gasteiger partial charge on any atom is 0.244 e. The lowest BCUT2D eigenvalue weighted by Crippen LogP contribution is -2.48. The van der Waals surface area contributed by atoms with Gasteiger partial charge in [-0.3, -0.25) is 5.10 Å². The van der Waals surface area contributed by atoms with Crippen molar-refractivity contribution in [2.75, 3.05) is 18.0 Å². The molecule has 1 aromatic heterocycles. The lowest BCUT2D eigenvalue weighted by molar-refractivity contribution is 0.376. The van der Waals surface area contributed by atoms with Gasteiger partial charge in [-0.05, 0) is 18.8 Å². The fraction of sp³-hybridized carbons (Fsp3) is 0.846. The molecular weight excluding hydrogens is 226 g/mol. The SMILES string of the molecule is CCCCCc1nc(N2CCC(C)C(N)C2)n[nH]1. The summed E-state index contributed by atoms with van der Waals surface area (Å²) < 4.78 is 0. The quantitative estimate of drug-likeness (QED) is 0.782. The number of H-pyrrole nitrogens is 1. The van der Waals surface area contributed by atoms with Crippen molar-refractivity contribution in [2.45, 2.75) is 52.0 Å². The Hall–Kier alpha value is -1.10. The second-order valence-corrected chi connectivity index (χ2v) is 5.42. The van der Waals surface area contributed by atoms with Crippen LogP contribution in [0.25, 0.3) is 0 Å². The van der Waals surface area contributed by atoms with Crippen molar-refractivity contribution < 1.29 is 0 Å². The van der Waals surface area contributed by atoms with Gasteiger partial charge in [-0.25, -0.2) is 0 Å². The standard InChI is InChI=1S/C13H25N5/c1-3-4-5-6-12-15-13(17-16-12)18-8-7-10(2)11(14)9-18/h10-11H,3-9,14H2,1-2H3,(H,15,16,17). The highest BCUT2D eigenvalue weighted by atomic mass is 15.4. The van der Waals surface area contributed by atoms with Gasteiger partial charge in [0, 0.05) is 25.6 Å². The number of hydrogen-bond donors (Lipinski definition) is 2. The summed E-state index contributed by atoms with van der Waals surface area (Å²) in [6, 6.07) is 0.237. The number of anilines is 1. The molecule has 2 atom stereocenters. The predicted octanol–water partition coefficient (Wildman–Crippen LogP) is 1.71. The monoisotopic (exact) mass is 251 g/mol. The summed E-state index contributed by atoms with van der Waals surface area (Å²) in [6.07, 6.45) is 5.79. The molecule has 0 saturated carbocycles. The first-order valence-electron chi connectivity index (χ1n) is 7.12. The Balaban J connectivity index is 1.89. The van der Waals surface area contributed by atoms with E-state index in [9.17, 15) is 0 Å². The summed E-state index contributed by atoms with van der Waals surface area (Å²) in [5.74, 6) is 2.43. The summed E-state index contributed by atoms with van der Waals surface area (Å²) in [5, 5.41) is 7.36. The van der Waals surface area contributed by atoms with E-state index in [1.54, 1.807) is 0 Å². The molecule has 1 aliphatic heterocycles. The van der Waals surface area contributed by atoms with Crippen molar-refractivity contribution in [3.8, 4) is 0 Å². The van der Waals surface area contributed by atoms with Crippen molar-refractivity contribution in [1.29, 1.82) is 0 Å². The van der Waals surface area contributed by atoms with Crippen LogP contribution in [0.15, 0.2) is 0 Å². The van der Waals surface area contributed by atoms with Crippen molar-refractivity contribution in [2.24, 2.45) is 11.7 Å². The summed E-state index contributed by atoms with van der Waals surface area (Å²) in [5.41, 5.74) is 6.10. The predicted molar refractivity (Wildman–Crippen MR) is 73.6 cm³/mol. The Morgan fingerprint density at radius 2 is 2.28 bits per heavy atom. The fourth-order valence-electron chi connectivity index (χ4n) is 2.36. The molecular formula is C13H25N5. The van der Waals surface area contributed by atoms with E-state index in [0.29, 0.717) is 5.92 Å². The molecule has 0 aromatic carbocycles. The van der Waals surface area contributed by atoms with Crippen LogP contribution < -0.4 is 10.6 Å². The summed E-state index contributed by atoms with van der Waals surface area (Å²) in [7, 11) is 0. The van der Waals surface area contributed by atoms with Crippen LogP contribution in [0.2, 0.25) is 0 Å². The second-order valence-electron chi connectivity index (χ2n) is 5.42. The third-order valence-corrected chi connectivity index (χ3v) is 3.84. The molecule has 0 amide bonds. The first-order chi connectivity index (χ1) is 8.70. The number of hydrogen-bond acceptors (Lipinski definition) is 4. The number of nitrogens with zero attached hydrogens (tertiary/aromatic N) is 3. The van der Waals surface area contributed by atoms with Crippen molar-refractivity contribution in [1.82, 2.24) is 15.2 Å². The molecule has 5 heteroatoms. The van der Waals surface area contributed by atoms with Gasteiger partial charge < -0.3 is 10.6 Å². The van der Waals surface area contributed by atoms with Crippen LogP contribution >= 0.6 is 0 Å². The van der Waals surface area contributed by atoms with E-state index in [1.807, 2.05) is 0 Å². The highest BCUT2D eigenvalue weighted by Crippen LogP contribution is 2.19. The first-order valence-corrected chi connectivity index (χ1v) is 7.12. The molecule has 0 aliphatic carbocycles. The zero-order chi connectivity index (χ0) is 13.0. The summed E-state index contributed by atoms with van der Waals surface area (Å²) in [4.78, 5) is 6.77. The summed E-state index contributed by atoms with van der Waals surface area (Å²) in [6.45, 7) is 6.31. The lowest BCUT2D eigenvalue weighted by atomic mass is 9.95. The lowest BCUT2D eigenvalue weighted by Gasteiger charge is -2.34. The molecule has 0 spiro atoms. The number of piperidine rings is 1. The Bertz CT molecular complexity index is 362. The van der Waals surface area contributed by atoms with Crippen LogP contribution in [0.3, 0.4) is 0 Å². The highest BCUT2D eigenvalue weighted by Gasteiger charge is 2.25. The Morgan fingerprint density at radius 3 is 3.00 bits per heavy atom. The van der Waals surface area contributed by atoms with Gasteiger partial charge in [0.2, 0.25) is 5.95 Å². The average molecular weight is 251 g/mol. The van der Waals surface area contributed by atoms with E-state index < -0.39 is 0 Å². The number of nitrogens with two attached hydrogens (primary N) is 1. The van der Waals surface area contributed by atoms with E-state index in [0.717, 1.165) is 37.7 Å². The molecule has 0 radical (unpaired) electrons. The first kappa shape index (κ1) is 13.3. The number of unbranched alkanes of at least 4 members (excludes halogenated alkanes) is 2. The smallest absolute Gasteiger partial charge is 0.244 e. The van der Waals surface area contributed by atoms with Gasteiger partial charge in [-0.1, -0.05) is 26.7 Å². The zero-order valence-electron chi connectivity index (χ0n) is 11.5. The molecule has 0 bridgehead atoms. The van der Waals surface area contributed by atoms with E-state index in [1.165, 1.54) is 19.3 Å². The highest BCUT2D eigenvalue weighted by molar-refractivity contribution is 5.30. The van der Waals surface area contributed by atoms with Crippen LogP contribution in [0.1, 0.15) is 45.4 Å². The number of rotatable bonds is 5. The van der Waals surface area contributed by atoms with E-state index in [-0.39, 0.29) is 6.04 Å². The molecule has 1 aliphatic rings. The summed E-state index contributed by atoms with van der Waals surface area (Å²) >= 11 is 0. The molecule has 1 fully saturated rings. The largest absolute Gasteiger partial charge is 0.338 e. The van der Waals surface area contributed by atoms with Gasteiger partial charge in [0.05, 0.1) is 0 Å². The molecule has 1 saturated heterocycles. The minimum Gasteiger partial charge on any atom is -0.338 e. The van der Waals surface area contributed by atoms with Gasteiger partial charge in [0.15, 0.2) is 0 Å². The van der Waals surface area contributed by atoms with Crippen molar-refractivity contribution >= 4 is 5.95 Å². The van der Waals surface area contributed by atoms with Crippen LogP contribution in [-0.2, 0) is 6.42 Å². The maximum atomic E-state index is 6.10. The van der Waals surface area contributed by atoms with Crippen molar-refractivity contribution in [3.05, 3.63) is 5.82 Å². The molecule has 2 heterocycles. The van der Waals surface area contributed by atoms with Gasteiger partial charge in [-0.2, -0.15) is 4.98 Å². The minimum absolute atomic E-state index is 0.237. The molecule has 3 N–H and O–H groups in total. The molecule has 1 aromatic rings. The second kappa shape index (κ2) is 6.18. The van der Waals surface area contributed by atoms with Crippen LogP contribution in [0.4, 0.5) is 5.95 Å². The number of aromatic nitrogens is 3. The normalized spacial score (nSPS) is 24.5. The Labute approximate surface area is 109 Å². The fourth-order valence-corrected chi connectivity index (χ4v) is 2.36. The van der Waals surface area contributed by atoms with Crippen LogP contribution in [-0.4, -0.2) is 34.3 Å². The minimum atomic E-state index is 0.237. The van der Waals surface area contributed by atoms with Gasteiger partial charge >= 0.3 is 0 Å². The van der Waals surface area contributed by atoms with Crippen molar-refractivity contribution in [3.63, 3.8) is 0 Å². The Morgan fingerprint density at radius 1 is 1.44 bits per heavy atom. The molecule has 18 heavy (non-hydrogen) atoms. The van der Waals surface area contributed by atoms with Gasteiger partial charge in [0.25, 0.3) is 0 Å². The number of aryl methyl sites for hydroxylation is 1. The molecule has 102 valence electrons. The van der Waals surface area contributed by atoms with Gasteiger partial charge in [0.1, 0.15) is 5.82 Å². The van der Waals surface area contributed by atoms with E-state index in [2.05, 4.69) is 33.9 Å². The Kier molecular flexibility index (Phi) is 4.58. The average Bonchev–Trinajstić information content (AvgIpc) is 2.82. The molecule has 5 nitrogen and oxygen atoms in total. The number of aromatic amines is 1. The number of nitrogens with one attached hydrogen (secondary N) is 1. The van der Waals surface area contributed by atoms with Crippen LogP contribution in [0.5, 0.6) is 0 Å². The van der Waals surface area contributed by atoms with E-state index in [4.69, 9.17) is 5.73 Å².